The Morgan fingerprint density at radius 1 is 0.266 bits per heavy atom. The van der Waals surface area contributed by atoms with Gasteiger partial charge in [-0.05, 0) is 148 Å². The largest absolute Gasteiger partial charge is 0.462 e. The number of rotatable bonds is 56. The summed E-state index contributed by atoms with van der Waals surface area (Å²) in [6, 6.07) is 0. The van der Waals surface area contributed by atoms with Crippen molar-refractivity contribution < 1.29 is 28.6 Å². The van der Waals surface area contributed by atoms with Crippen LogP contribution in [0.15, 0.2) is 158 Å². The monoisotopic (exact) mass is 1090 g/mol. The van der Waals surface area contributed by atoms with Crippen LogP contribution in [-0.4, -0.2) is 37.2 Å². The summed E-state index contributed by atoms with van der Waals surface area (Å²) < 4.78 is 16.9. The number of ether oxygens (including phenoxy) is 3. The third-order valence-corrected chi connectivity index (χ3v) is 13.0. The second-order valence-electron chi connectivity index (χ2n) is 20.5. The zero-order valence-electron chi connectivity index (χ0n) is 50.8. The smallest absolute Gasteiger partial charge is 0.306 e. The lowest BCUT2D eigenvalue weighted by Gasteiger charge is -2.18. The summed E-state index contributed by atoms with van der Waals surface area (Å²) in [6.45, 7) is 6.33. The Labute approximate surface area is 486 Å². The van der Waals surface area contributed by atoms with E-state index in [2.05, 4.69) is 179 Å². The van der Waals surface area contributed by atoms with Gasteiger partial charge in [0.2, 0.25) is 0 Å². The zero-order valence-corrected chi connectivity index (χ0v) is 50.8. The standard InChI is InChI=1S/C73H116O6/c1-4-7-10-13-16-19-22-25-27-29-31-32-33-34-35-36-37-38-39-40-42-43-45-48-51-54-57-60-63-66-72(75)78-69-70(68-77-71(74)65-62-59-56-53-50-47-24-21-18-15-12-9-6-3)79-73(76)67-64-61-58-55-52-49-46-44-41-30-28-26-23-20-17-14-11-8-5-2/h7,9-10,12,16-21,25-28,31-32,34-35,37-38,40-42,44,47,50,70H,4-6,8,11,13-15,22-24,29-30,33,36,39,43,45-46,48-49,51-69H2,1-3H3/b10-7-,12-9-,19-16-,20-17-,21-18-,27-25-,28-26-,32-31-,35-34-,38-37-,42-40-,44-41-,50-47-. The molecule has 0 bridgehead atoms. The van der Waals surface area contributed by atoms with E-state index in [1.807, 2.05) is 0 Å². The van der Waals surface area contributed by atoms with Crippen molar-refractivity contribution in [2.45, 2.75) is 271 Å². The number of esters is 3. The van der Waals surface area contributed by atoms with Gasteiger partial charge in [0.05, 0.1) is 0 Å². The van der Waals surface area contributed by atoms with Gasteiger partial charge in [0.15, 0.2) is 6.10 Å². The van der Waals surface area contributed by atoms with Gasteiger partial charge in [-0.2, -0.15) is 0 Å². The average Bonchev–Trinajstić information content (AvgIpc) is 3.45. The number of carbonyl (C=O) groups is 3. The van der Waals surface area contributed by atoms with Gasteiger partial charge >= 0.3 is 17.9 Å². The Hall–Kier alpha value is -4.97. The molecule has 0 spiro atoms. The average molecular weight is 1090 g/mol. The molecule has 0 amide bonds. The lowest BCUT2D eigenvalue weighted by molar-refractivity contribution is -0.167. The molecule has 0 aromatic rings. The summed E-state index contributed by atoms with van der Waals surface area (Å²) in [5.41, 5.74) is 0. The van der Waals surface area contributed by atoms with Gasteiger partial charge < -0.3 is 14.2 Å². The highest BCUT2D eigenvalue weighted by molar-refractivity contribution is 5.71. The minimum atomic E-state index is -0.811. The van der Waals surface area contributed by atoms with Crippen LogP contribution in [0.4, 0.5) is 0 Å². The Bertz CT molecular complexity index is 1780. The molecule has 0 radical (unpaired) electrons. The van der Waals surface area contributed by atoms with Crippen molar-refractivity contribution in [2.75, 3.05) is 13.2 Å². The van der Waals surface area contributed by atoms with Gasteiger partial charge in [-0.1, -0.05) is 256 Å². The van der Waals surface area contributed by atoms with Crippen LogP contribution in [0, 0.1) is 0 Å². The molecule has 0 aliphatic carbocycles. The number of carbonyl (C=O) groups excluding carboxylic acids is 3. The number of allylic oxidation sites excluding steroid dienone is 26. The Kier molecular flexibility index (Phi) is 61.4. The summed E-state index contributed by atoms with van der Waals surface area (Å²) in [6.07, 6.45) is 95.3. The topological polar surface area (TPSA) is 78.9 Å². The Balaban J connectivity index is 4.40. The van der Waals surface area contributed by atoms with Crippen LogP contribution in [-0.2, 0) is 28.6 Å². The molecule has 0 fully saturated rings. The molecule has 0 aromatic heterocycles. The molecule has 0 saturated heterocycles. The molecule has 0 heterocycles. The molecule has 0 rings (SSSR count). The van der Waals surface area contributed by atoms with Gasteiger partial charge in [0.1, 0.15) is 13.2 Å². The summed E-state index contributed by atoms with van der Waals surface area (Å²) in [5, 5.41) is 0. The van der Waals surface area contributed by atoms with Gasteiger partial charge in [-0.25, -0.2) is 0 Å². The fourth-order valence-corrected chi connectivity index (χ4v) is 8.27. The Morgan fingerprint density at radius 2 is 0.494 bits per heavy atom. The van der Waals surface area contributed by atoms with Gasteiger partial charge in [0, 0.05) is 19.3 Å². The maximum absolute atomic E-state index is 12.9. The van der Waals surface area contributed by atoms with Crippen LogP contribution < -0.4 is 0 Å². The normalized spacial score (nSPS) is 13.2. The summed E-state index contributed by atoms with van der Waals surface area (Å²) in [4.78, 5) is 38.3. The molecule has 1 unspecified atom stereocenters. The quantitative estimate of drug-likeness (QED) is 0.0261. The van der Waals surface area contributed by atoms with Gasteiger partial charge in [-0.3, -0.25) is 14.4 Å². The second kappa shape index (κ2) is 65.5. The molecule has 0 aliphatic heterocycles. The summed E-state index contributed by atoms with van der Waals surface area (Å²) in [5.74, 6) is -0.962. The molecule has 0 saturated carbocycles. The highest BCUT2D eigenvalue weighted by Gasteiger charge is 2.19. The van der Waals surface area contributed by atoms with Crippen molar-refractivity contribution in [3.63, 3.8) is 0 Å². The summed E-state index contributed by atoms with van der Waals surface area (Å²) in [7, 11) is 0. The SMILES string of the molecule is CC/C=C\C/C=C\C/C=C\C/C=C\C/C=C\C/C=C\C/C=C\CCCCCCCCCC(=O)OCC(COC(=O)CCCCC/C=C\C/C=C\C/C=C\CC)OC(=O)CCCCCCCC/C=C\C/C=C\C/C=C\CCCCC. The highest BCUT2D eigenvalue weighted by Crippen LogP contribution is 2.14. The molecule has 1 atom stereocenters. The van der Waals surface area contributed by atoms with Crippen LogP contribution in [0.2, 0.25) is 0 Å². The van der Waals surface area contributed by atoms with Crippen molar-refractivity contribution >= 4 is 17.9 Å². The van der Waals surface area contributed by atoms with Crippen molar-refractivity contribution in [1.29, 1.82) is 0 Å². The van der Waals surface area contributed by atoms with Crippen molar-refractivity contribution in [1.82, 2.24) is 0 Å². The fraction of sp³-hybridized carbons (Fsp3) is 0.603. The third-order valence-electron chi connectivity index (χ3n) is 13.0. The molecule has 0 aromatic carbocycles. The predicted molar refractivity (Wildman–Crippen MR) is 343 cm³/mol. The maximum atomic E-state index is 12.9. The Morgan fingerprint density at radius 3 is 0.785 bits per heavy atom. The van der Waals surface area contributed by atoms with E-state index in [0.29, 0.717) is 19.3 Å². The zero-order chi connectivity index (χ0) is 57.1. The van der Waals surface area contributed by atoms with Gasteiger partial charge in [-0.15, -0.1) is 0 Å². The van der Waals surface area contributed by atoms with Crippen LogP contribution in [0.3, 0.4) is 0 Å². The predicted octanol–water partition coefficient (Wildman–Crippen LogP) is 22.1. The van der Waals surface area contributed by atoms with Crippen molar-refractivity contribution in [2.24, 2.45) is 0 Å². The fourth-order valence-electron chi connectivity index (χ4n) is 8.27. The second-order valence-corrected chi connectivity index (χ2v) is 20.5. The van der Waals surface area contributed by atoms with Gasteiger partial charge in [0.25, 0.3) is 0 Å². The first-order valence-corrected chi connectivity index (χ1v) is 32.0. The first kappa shape index (κ1) is 74.0. The van der Waals surface area contributed by atoms with Crippen LogP contribution in [0.1, 0.15) is 265 Å². The number of hydrogen-bond acceptors (Lipinski definition) is 6. The van der Waals surface area contributed by atoms with E-state index >= 15 is 0 Å². The molecular weight excluding hydrogens is 973 g/mol. The molecule has 79 heavy (non-hydrogen) atoms. The molecular formula is C73H116O6. The van der Waals surface area contributed by atoms with Crippen molar-refractivity contribution in [3.8, 4) is 0 Å². The number of hydrogen-bond donors (Lipinski definition) is 0. The van der Waals surface area contributed by atoms with E-state index < -0.39 is 6.10 Å². The van der Waals surface area contributed by atoms with Crippen molar-refractivity contribution in [3.05, 3.63) is 158 Å². The van der Waals surface area contributed by atoms with Crippen LogP contribution >= 0.6 is 0 Å². The molecule has 444 valence electrons. The van der Waals surface area contributed by atoms with E-state index in [0.717, 1.165) is 161 Å². The minimum absolute atomic E-state index is 0.105. The van der Waals surface area contributed by atoms with Crippen LogP contribution in [0.25, 0.3) is 0 Å². The van der Waals surface area contributed by atoms with E-state index in [1.54, 1.807) is 0 Å². The summed E-state index contributed by atoms with van der Waals surface area (Å²) >= 11 is 0. The minimum Gasteiger partial charge on any atom is -0.462 e. The first-order valence-electron chi connectivity index (χ1n) is 32.0. The molecule has 0 aliphatic rings. The lowest BCUT2D eigenvalue weighted by Crippen LogP contribution is -2.30. The molecule has 0 N–H and O–H groups in total. The maximum Gasteiger partial charge on any atom is 0.306 e. The number of unbranched alkanes of at least 4 members (excludes halogenated alkanes) is 19. The van der Waals surface area contributed by atoms with E-state index in [9.17, 15) is 14.4 Å². The molecule has 6 heteroatoms. The van der Waals surface area contributed by atoms with E-state index in [1.165, 1.54) is 64.2 Å². The van der Waals surface area contributed by atoms with E-state index in [-0.39, 0.29) is 31.1 Å². The lowest BCUT2D eigenvalue weighted by atomic mass is 10.1. The molecule has 6 nitrogen and oxygen atoms in total. The third kappa shape index (κ3) is 63.7. The first-order chi connectivity index (χ1) is 39.0. The highest BCUT2D eigenvalue weighted by atomic mass is 16.6. The van der Waals surface area contributed by atoms with Crippen LogP contribution in [0.5, 0.6) is 0 Å². The van der Waals surface area contributed by atoms with E-state index in [4.69, 9.17) is 14.2 Å².